The van der Waals surface area contributed by atoms with Gasteiger partial charge in [0.15, 0.2) is 5.78 Å². The van der Waals surface area contributed by atoms with Crippen LogP contribution in [0.25, 0.3) is 11.0 Å². The van der Waals surface area contributed by atoms with Gasteiger partial charge in [-0.1, -0.05) is 12.1 Å². The number of aromatic nitrogens is 2. The zero-order valence-corrected chi connectivity index (χ0v) is 20.8. The molecule has 0 aliphatic carbocycles. The lowest BCUT2D eigenvalue weighted by Crippen LogP contribution is -2.49. The molecule has 7 nitrogen and oxygen atoms in total. The van der Waals surface area contributed by atoms with E-state index >= 15 is 0 Å². The summed E-state index contributed by atoms with van der Waals surface area (Å²) in [5, 5.41) is 0. The van der Waals surface area contributed by atoms with Crippen molar-refractivity contribution in [3.63, 3.8) is 0 Å². The molecule has 1 aromatic heterocycles. The van der Waals surface area contributed by atoms with Crippen LogP contribution in [0.3, 0.4) is 0 Å². The van der Waals surface area contributed by atoms with Gasteiger partial charge in [0.25, 0.3) is 0 Å². The number of hydrogen-bond donors (Lipinski definition) is 2. The maximum atomic E-state index is 12.8. The van der Waals surface area contributed by atoms with E-state index in [1.165, 1.54) is 0 Å². The summed E-state index contributed by atoms with van der Waals surface area (Å²) in [5.74, 6) is -0.146. The van der Waals surface area contributed by atoms with Gasteiger partial charge >= 0.3 is 5.69 Å². The Kier molecular flexibility index (Phi) is 6.31. The van der Waals surface area contributed by atoms with E-state index in [1.807, 2.05) is 28.8 Å². The van der Waals surface area contributed by atoms with Crippen molar-refractivity contribution in [2.75, 3.05) is 18.8 Å². The molecule has 2 aromatic carbocycles. The number of imidazole rings is 1. The average molecular weight is 564 g/mol. The van der Waals surface area contributed by atoms with Crippen molar-refractivity contribution < 1.29 is 9.59 Å². The SMILES string of the molecule is CC1(n2c(=O)[nH]c3ccccc32)CCN(C(=O)CCC(=O)c2cc(Br)c(N)c(Br)c2)CC1. The van der Waals surface area contributed by atoms with Crippen LogP contribution >= 0.6 is 31.9 Å². The molecular weight excluding hydrogens is 540 g/mol. The summed E-state index contributed by atoms with van der Waals surface area (Å²) < 4.78 is 3.11. The van der Waals surface area contributed by atoms with E-state index in [1.54, 1.807) is 17.0 Å². The smallest absolute Gasteiger partial charge is 0.326 e. The first-order chi connectivity index (χ1) is 15.2. The van der Waals surface area contributed by atoms with Crippen molar-refractivity contribution in [3.05, 3.63) is 61.4 Å². The first-order valence-electron chi connectivity index (χ1n) is 10.5. The van der Waals surface area contributed by atoms with Gasteiger partial charge in [0.1, 0.15) is 0 Å². The number of nitrogens with zero attached hydrogens (tertiary/aromatic N) is 2. The van der Waals surface area contributed by atoms with Gasteiger partial charge in [0.05, 0.1) is 22.3 Å². The van der Waals surface area contributed by atoms with Gasteiger partial charge in [-0.15, -0.1) is 0 Å². The maximum absolute atomic E-state index is 12.8. The highest BCUT2D eigenvalue weighted by Gasteiger charge is 2.35. The van der Waals surface area contributed by atoms with Crippen LogP contribution in [0.5, 0.6) is 0 Å². The van der Waals surface area contributed by atoms with E-state index in [2.05, 4.69) is 43.8 Å². The lowest BCUT2D eigenvalue weighted by atomic mass is 9.88. The van der Waals surface area contributed by atoms with Crippen LogP contribution in [0.1, 0.15) is 43.0 Å². The highest BCUT2D eigenvalue weighted by molar-refractivity contribution is 9.11. The van der Waals surface area contributed by atoms with E-state index in [-0.39, 0.29) is 35.8 Å². The summed E-state index contributed by atoms with van der Waals surface area (Å²) in [5.41, 5.74) is 8.12. The minimum absolute atomic E-state index is 0.0414. The molecule has 2 heterocycles. The number of aromatic amines is 1. The Hall–Kier alpha value is -2.39. The van der Waals surface area contributed by atoms with Gasteiger partial charge < -0.3 is 15.6 Å². The highest BCUT2D eigenvalue weighted by atomic mass is 79.9. The number of piperidine rings is 1. The standard InChI is InChI=1S/C23H24Br2N4O3/c1-23(29-18-5-3-2-4-17(18)27-22(29)32)8-10-28(11-9-23)20(31)7-6-19(30)14-12-15(24)21(26)16(25)13-14/h2-5,12-13H,6-11,26H2,1H3,(H,27,32). The first kappa shape index (κ1) is 22.8. The highest BCUT2D eigenvalue weighted by Crippen LogP contribution is 2.32. The number of carbonyl (C=O) groups excluding carboxylic acids is 2. The minimum atomic E-state index is -0.369. The number of Topliss-reactive ketones (excluding diaryl/α,β-unsaturated/α-hetero) is 1. The Labute approximate surface area is 202 Å². The van der Waals surface area contributed by atoms with Gasteiger partial charge in [0, 0.05) is 40.4 Å². The summed E-state index contributed by atoms with van der Waals surface area (Å²) in [6.07, 6.45) is 1.64. The third-order valence-electron chi connectivity index (χ3n) is 6.29. The number of para-hydroxylation sites is 2. The van der Waals surface area contributed by atoms with E-state index < -0.39 is 0 Å². The zero-order chi connectivity index (χ0) is 23.0. The Morgan fingerprint density at radius 2 is 1.72 bits per heavy atom. The molecule has 1 amide bonds. The van der Waals surface area contributed by atoms with Gasteiger partial charge in [-0.3, -0.25) is 14.2 Å². The quantitative estimate of drug-likeness (QED) is 0.354. The Balaban J connectivity index is 1.39. The van der Waals surface area contributed by atoms with Gasteiger partial charge in [-0.2, -0.15) is 0 Å². The monoisotopic (exact) mass is 562 g/mol. The molecule has 32 heavy (non-hydrogen) atoms. The van der Waals surface area contributed by atoms with E-state index in [4.69, 9.17) is 5.73 Å². The van der Waals surface area contributed by atoms with E-state index in [9.17, 15) is 14.4 Å². The van der Waals surface area contributed by atoms with Crippen molar-refractivity contribution in [2.45, 2.75) is 38.1 Å². The molecule has 4 rings (SSSR count). The molecule has 0 spiro atoms. The fraction of sp³-hybridized carbons (Fsp3) is 0.348. The van der Waals surface area contributed by atoms with Gasteiger partial charge in [-0.25, -0.2) is 4.79 Å². The summed E-state index contributed by atoms with van der Waals surface area (Å²) in [7, 11) is 0. The van der Waals surface area contributed by atoms with Crippen molar-refractivity contribution in [3.8, 4) is 0 Å². The van der Waals surface area contributed by atoms with Crippen LogP contribution in [0.4, 0.5) is 5.69 Å². The summed E-state index contributed by atoms with van der Waals surface area (Å²) in [4.78, 5) is 42.7. The third kappa shape index (κ3) is 4.28. The number of fused-ring (bicyclic) bond motifs is 1. The van der Waals surface area contributed by atoms with Crippen LogP contribution in [0.15, 0.2) is 50.1 Å². The number of rotatable bonds is 5. The number of ketones is 1. The molecule has 1 aliphatic heterocycles. The van der Waals surface area contributed by atoms with Crippen molar-refractivity contribution >= 4 is 60.3 Å². The fourth-order valence-corrected chi connectivity index (χ4v) is 5.51. The zero-order valence-electron chi connectivity index (χ0n) is 17.7. The number of likely N-dealkylation sites (tertiary alicyclic amines) is 1. The van der Waals surface area contributed by atoms with E-state index in [0.717, 1.165) is 11.0 Å². The normalized spacial score (nSPS) is 15.8. The molecular formula is C23H24Br2N4O3. The van der Waals surface area contributed by atoms with Crippen LogP contribution in [-0.4, -0.2) is 39.2 Å². The first-order valence-corrected chi connectivity index (χ1v) is 12.0. The largest absolute Gasteiger partial charge is 0.397 e. The van der Waals surface area contributed by atoms with Crippen LogP contribution in [-0.2, 0) is 10.3 Å². The second-order valence-electron chi connectivity index (χ2n) is 8.44. The average Bonchev–Trinajstić information content (AvgIpc) is 3.12. The van der Waals surface area contributed by atoms with Crippen molar-refractivity contribution in [2.24, 2.45) is 0 Å². The second-order valence-corrected chi connectivity index (χ2v) is 10.1. The molecule has 0 unspecified atom stereocenters. The second kappa shape index (κ2) is 8.86. The number of benzene rings is 2. The van der Waals surface area contributed by atoms with Crippen LogP contribution in [0.2, 0.25) is 0 Å². The topological polar surface area (TPSA) is 101 Å². The van der Waals surface area contributed by atoms with E-state index in [0.29, 0.717) is 46.1 Å². The molecule has 3 aromatic rings. The number of nitrogens with two attached hydrogens (primary N) is 1. The lowest BCUT2D eigenvalue weighted by Gasteiger charge is -2.40. The predicted molar refractivity (Wildman–Crippen MR) is 132 cm³/mol. The number of nitrogen functional groups attached to an aromatic ring is 1. The Bertz CT molecular complexity index is 1230. The summed E-state index contributed by atoms with van der Waals surface area (Å²) in [6.45, 7) is 3.17. The Morgan fingerprint density at radius 3 is 2.38 bits per heavy atom. The third-order valence-corrected chi connectivity index (χ3v) is 7.60. The Morgan fingerprint density at radius 1 is 1.09 bits per heavy atom. The van der Waals surface area contributed by atoms with Gasteiger partial charge in [0.2, 0.25) is 5.91 Å². The predicted octanol–water partition coefficient (Wildman–Crippen LogP) is 4.44. The summed E-state index contributed by atoms with van der Waals surface area (Å²) in [6, 6.07) is 11.0. The number of anilines is 1. The number of carbonyl (C=O) groups is 2. The molecule has 168 valence electrons. The molecule has 3 N–H and O–H groups in total. The lowest BCUT2D eigenvalue weighted by molar-refractivity contribution is -0.133. The number of hydrogen-bond acceptors (Lipinski definition) is 4. The molecule has 9 heteroatoms. The molecule has 0 radical (unpaired) electrons. The number of halogens is 2. The molecule has 1 aliphatic rings. The number of amides is 1. The fourth-order valence-electron chi connectivity index (χ4n) is 4.32. The summed E-state index contributed by atoms with van der Waals surface area (Å²) >= 11 is 6.69. The van der Waals surface area contributed by atoms with Gasteiger partial charge in [-0.05, 0) is 75.9 Å². The molecule has 0 saturated carbocycles. The van der Waals surface area contributed by atoms with Crippen molar-refractivity contribution in [1.29, 1.82) is 0 Å². The minimum Gasteiger partial charge on any atom is -0.397 e. The maximum Gasteiger partial charge on any atom is 0.326 e. The molecule has 0 bridgehead atoms. The number of H-pyrrole nitrogens is 1. The molecule has 1 saturated heterocycles. The van der Waals surface area contributed by atoms with Crippen LogP contribution in [0, 0.1) is 0 Å². The molecule has 0 atom stereocenters. The van der Waals surface area contributed by atoms with Crippen molar-refractivity contribution in [1.82, 2.24) is 14.5 Å². The molecule has 1 fully saturated rings. The number of nitrogens with one attached hydrogen (secondary N) is 1. The van der Waals surface area contributed by atoms with Crippen LogP contribution < -0.4 is 11.4 Å².